The zero-order valence-electron chi connectivity index (χ0n) is 20.3. The molecule has 1 amide bonds. The largest absolute Gasteiger partial charge is 0.366 e. The van der Waals surface area contributed by atoms with Gasteiger partial charge in [0.2, 0.25) is 0 Å². The molecule has 0 aliphatic rings. The molecule has 0 unspecified atom stereocenters. The first kappa shape index (κ1) is 28.6. The summed E-state index contributed by atoms with van der Waals surface area (Å²) in [6.45, 7) is 11.5. The maximum atomic E-state index is 13.3. The minimum absolute atomic E-state index is 0.0217. The number of amides is 1. The van der Waals surface area contributed by atoms with Crippen molar-refractivity contribution in [3.05, 3.63) is 70.2 Å². The third-order valence-corrected chi connectivity index (χ3v) is 4.53. The summed E-state index contributed by atoms with van der Waals surface area (Å²) in [5, 5.41) is 8.61. The topological polar surface area (TPSA) is 95.5 Å². The molecule has 2 rings (SSSR count). The number of pyridine rings is 1. The monoisotopic (exact) mass is 473 g/mol. The molecule has 9 heteroatoms. The van der Waals surface area contributed by atoms with Gasteiger partial charge in [0.05, 0.1) is 23.6 Å². The number of nitrogens with one attached hydrogen (secondary N) is 3. The van der Waals surface area contributed by atoms with Crippen molar-refractivity contribution < 1.29 is 18.4 Å². The van der Waals surface area contributed by atoms with E-state index in [0.29, 0.717) is 23.5 Å². The Morgan fingerprint density at radius 1 is 1.21 bits per heavy atom. The maximum Gasteiger partial charge on any atom is 0.281 e. The number of carbonyl (C=O) groups is 2. The molecule has 0 aliphatic heterocycles. The Morgan fingerprint density at radius 2 is 1.82 bits per heavy atom. The Hall–Kier alpha value is -3.46. The second kappa shape index (κ2) is 14.6. The van der Waals surface area contributed by atoms with Gasteiger partial charge in [-0.1, -0.05) is 43.7 Å². The van der Waals surface area contributed by atoms with Crippen LogP contribution >= 0.6 is 0 Å². The van der Waals surface area contributed by atoms with E-state index in [0.717, 1.165) is 17.4 Å². The lowest BCUT2D eigenvalue weighted by Crippen LogP contribution is -2.34. The summed E-state index contributed by atoms with van der Waals surface area (Å²) in [5.41, 5.74) is 3.28. The van der Waals surface area contributed by atoms with E-state index in [1.165, 1.54) is 12.3 Å². The van der Waals surface area contributed by atoms with Crippen molar-refractivity contribution in [1.82, 2.24) is 20.9 Å². The van der Waals surface area contributed by atoms with Crippen LogP contribution in [0.2, 0.25) is 0 Å². The Kier molecular flexibility index (Phi) is 12.3. The number of nitrogens with zero attached hydrogens (tertiary/aromatic N) is 2. The van der Waals surface area contributed by atoms with E-state index >= 15 is 0 Å². The molecule has 0 bridgehead atoms. The maximum absolute atomic E-state index is 13.3. The van der Waals surface area contributed by atoms with Crippen LogP contribution in [-0.2, 0) is 11.3 Å². The third kappa shape index (κ3) is 9.19. The van der Waals surface area contributed by atoms with Crippen molar-refractivity contribution >= 4 is 24.6 Å². The first-order valence-electron chi connectivity index (χ1n) is 10.8. The van der Waals surface area contributed by atoms with Gasteiger partial charge in [0.1, 0.15) is 12.0 Å². The second-order valence-electron chi connectivity index (χ2n) is 7.83. The van der Waals surface area contributed by atoms with Gasteiger partial charge in [0, 0.05) is 18.7 Å². The number of aldehydes is 1. The van der Waals surface area contributed by atoms with E-state index in [9.17, 15) is 18.4 Å². The molecule has 0 spiro atoms. The number of rotatable bonds is 10. The van der Waals surface area contributed by atoms with Crippen LogP contribution in [0.3, 0.4) is 0 Å². The van der Waals surface area contributed by atoms with Gasteiger partial charge in [-0.3, -0.25) is 14.8 Å². The van der Waals surface area contributed by atoms with Crippen LogP contribution in [0, 0.1) is 12.8 Å². The first-order chi connectivity index (χ1) is 16.1. The molecule has 0 saturated heterocycles. The highest BCUT2D eigenvalue weighted by molar-refractivity contribution is 5.95. The minimum atomic E-state index is -2.84. The van der Waals surface area contributed by atoms with Crippen LogP contribution in [0.4, 0.5) is 8.78 Å². The first-order valence-corrected chi connectivity index (χ1v) is 10.8. The standard InChI is InChI=1S/C21H25F2N5O.C4H8O/c1-13-5-7-16(8-6-13)18(14(2)25-4)27-12-28-21(29)17-9-15(10-24-3)11-26-19(17)20(22)23;1-4(2)3-5/h5-9,11,20,24,27H,4,10,12H2,1-3H3,(H,28,29);3-4H,1-2H3/b18-14-;. The number of aliphatic imine (C=N–C) groups is 1. The van der Waals surface area contributed by atoms with E-state index in [1.807, 2.05) is 45.0 Å². The van der Waals surface area contributed by atoms with Crippen LogP contribution in [0.15, 0.2) is 47.2 Å². The summed E-state index contributed by atoms with van der Waals surface area (Å²) in [7, 11) is 1.72. The summed E-state index contributed by atoms with van der Waals surface area (Å²) < 4.78 is 26.5. The lowest BCUT2D eigenvalue weighted by molar-refractivity contribution is -0.110. The van der Waals surface area contributed by atoms with E-state index in [1.54, 1.807) is 14.0 Å². The molecule has 1 aromatic carbocycles. The van der Waals surface area contributed by atoms with E-state index in [-0.39, 0.29) is 18.2 Å². The number of allylic oxidation sites excluding steroid dienone is 1. The molecule has 3 N–H and O–H groups in total. The molecule has 0 saturated carbocycles. The molecule has 0 radical (unpaired) electrons. The zero-order chi connectivity index (χ0) is 25.7. The number of carbonyl (C=O) groups excluding carboxylic acids is 2. The predicted octanol–water partition coefficient (Wildman–Crippen LogP) is 4.25. The van der Waals surface area contributed by atoms with Gasteiger partial charge >= 0.3 is 0 Å². The van der Waals surface area contributed by atoms with E-state index < -0.39 is 18.0 Å². The lowest BCUT2D eigenvalue weighted by atomic mass is 10.1. The molecular formula is C25H33F2N5O2. The predicted molar refractivity (Wildman–Crippen MR) is 132 cm³/mol. The average Bonchev–Trinajstić information content (AvgIpc) is 2.82. The summed E-state index contributed by atoms with van der Waals surface area (Å²) in [6.07, 6.45) is -0.591. The molecule has 184 valence electrons. The fourth-order valence-corrected chi connectivity index (χ4v) is 2.72. The fourth-order valence-electron chi connectivity index (χ4n) is 2.72. The van der Waals surface area contributed by atoms with Crippen molar-refractivity contribution in [2.24, 2.45) is 10.9 Å². The molecule has 34 heavy (non-hydrogen) atoms. The van der Waals surface area contributed by atoms with Gasteiger partial charge in [-0.25, -0.2) is 8.78 Å². The van der Waals surface area contributed by atoms with E-state index in [2.05, 4.69) is 32.6 Å². The van der Waals surface area contributed by atoms with Crippen molar-refractivity contribution in [3.8, 4) is 0 Å². The fraction of sp³-hybridized carbons (Fsp3) is 0.360. The Balaban J connectivity index is 0.00000104. The van der Waals surface area contributed by atoms with Crippen molar-refractivity contribution in [2.45, 2.75) is 40.7 Å². The Morgan fingerprint density at radius 3 is 2.32 bits per heavy atom. The van der Waals surface area contributed by atoms with Gasteiger partial charge < -0.3 is 20.7 Å². The average molecular weight is 474 g/mol. The van der Waals surface area contributed by atoms with Crippen molar-refractivity contribution in [3.63, 3.8) is 0 Å². The van der Waals surface area contributed by atoms with E-state index in [4.69, 9.17) is 0 Å². The third-order valence-electron chi connectivity index (χ3n) is 4.53. The van der Waals surface area contributed by atoms with Gasteiger partial charge in [0.25, 0.3) is 12.3 Å². The number of alkyl halides is 2. The summed E-state index contributed by atoms with van der Waals surface area (Å²) in [4.78, 5) is 29.7. The van der Waals surface area contributed by atoms with Crippen molar-refractivity contribution in [1.29, 1.82) is 0 Å². The lowest BCUT2D eigenvalue weighted by Gasteiger charge is -2.15. The zero-order valence-corrected chi connectivity index (χ0v) is 20.3. The second-order valence-corrected chi connectivity index (χ2v) is 7.83. The Labute approximate surface area is 199 Å². The number of aryl methyl sites for hydroxylation is 1. The van der Waals surface area contributed by atoms with Crippen LogP contribution in [0.1, 0.15) is 59.9 Å². The Bertz CT molecular complexity index is 989. The molecule has 2 aromatic rings. The number of benzene rings is 1. The molecular weight excluding hydrogens is 440 g/mol. The highest BCUT2D eigenvalue weighted by Gasteiger charge is 2.20. The van der Waals surface area contributed by atoms with Crippen LogP contribution in [0.5, 0.6) is 0 Å². The molecule has 0 aliphatic carbocycles. The van der Waals surface area contributed by atoms with Gasteiger partial charge in [-0.15, -0.1) is 0 Å². The highest BCUT2D eigenvalue weighted by Crippen LogP contribution is 2.22. The highest BCUT2D eigenvalue weighted by atomic mass is 19.3. The van der Waals surface area contributed by atoms with Gasteiger partial charge in [0.15, 0.2) is 0 Å². The van der Waals surface area contributed by atoms with Gasteiger partial charge in [-0.2, -0.15) is 0 Å². The number of hydrogen-bond donors (Lipinski definition) is 3. The van der Waals surface area contributed by atoms with Crippen LogP contribution in [0.25, 0.3) is 5.70 Å². The van der Waals surface area contributed by atoms with Crippen molar-refractivity contribution in [2.75, 3.05) is 13.7 Å². The number of hydrogen-bond acceptors (Lipinski definition) is 6. The minimum Gasteiger partial charge on any atom is -0.366 e. The summed E-state index contributed by atoms with van der Waals surface area (Å²) in [6, 6.07) is 9.19. The smallest absolute Gasteiger partial charge is 0.281 e. The molecule has 0 atom stereocenters. The normalized spacial score (nSPS) is 11.3. The summed E-state index contributed by atoms with van der Waals surface area (Å²) in [5.74, 6) is -0.430. The SMILES string of the molecule is C=N/C(C)=C(\NCNC(=O)c1cc(CNC)cnc1C(F)F)c1ccc(C)cc1.CC(C)C=O. The number of halogens is 2. The van der Waals surface area contributed by atoms with Crippen LogP contribution in [-0.4, -0.2) is 37.6 Å². The molecule has 1 aromatic heterocycles. The summed E-state index contributed by atoms with van der Waals surface area (Å²) >= 11 is 0. The molecule has 1 heterocycles. The van der Waals surface area contributed by atoms with Gasteiger partial charge in [-0.05, 0) is 44.8 Å². The number of aromatic nitrogens is 1. The quantitative estimate of drug-likeness (QED) is 0.272. The molecule has 7 nitrogen and oxygen atoms in total. The van der Waals surface area contributed by atoms with Crippen LogP contribution < -0.4 is 16.0 Å². The molecule has 0 fully saturated rings.